The van der Waals surface area contributed by atoms with Crippen LogP contribution in [0.5, 0.6) is 5.75 Å². The van der Waals surface area contributed by atoms with E-state index in [1.54, 1.807) is 24.3 Å². The van der Waals surface area contributed by atoms with Crippen LogP contribution in [0.1, 0.15) is 20.8 Å². The van der Waals surface area contributed by atoms with Crippen LogP contribution in [0.2, 0.25) is 0 Å². The van der Waals surface area contributed by atoms with E-state index in [0.717, 1.165) is 0 Å². The molecule has 0 atom stereocenters. The Hall–Kier alpha value is -3.68. The summed E-state index contributed by atoms with van der Waals surface area (Å²) in [5.74, 6) is -1.45. The summed E-state index contributed by atoms with van der Waals surface area (Å²) in [6.45, 7) is 0. The van der Waals surface area contributed by atoms with E-state index in [1.165, 1.54) is 23.1 Å². The smallest absolute Gasteiger partial charge is 0.291 e. The highest BCUT2D eigenvalue weighted by Crippen LogP contribution is 2.14. The van der Waals surface area contributed by atoms with Crippen LogP contribution >= 0.6 is 0 Å². The monoisotopic (exact) mass is 323 g/mol. The van der Waals surface area contributed by atoms with Crippen LogP contribution in [-0.2, 0) is 0 Å². The number of carbonyl (C=O) groups is 2. The Kier molecular flexibility index (Phi) is 4.19. The number of amides is 2. The SMILES string of the molecule is O=C(NNC(=O)c1ccccc1O)c1cnn(-c2ccccc2)n1. The van der Waals surface area contributed by atoms with Crippen molar-refractivity contribution in [3.05, 3.63) is 72.1 Å². The van der Waals surface area contributed by atoms with E-state index in [-0.39, 0.29) is 17.0 Å². The largest absolute Gasteiger partial charge is 0.507 e. The van der Waals surface area contributed by atoms with Gasteiger partial charge in [-0.1, -0.05) is 30.3 Å². The molecular formula is C16H13N5O3. The quantitative estimate of drug-likeness (QED) is 0.624. The second-order valence-corrected chi connectivity index (χ2v) is 4.78. The van der Waals surface area contributed by atoms with Crippen LogP contribution in [0, 0.1) is 0 Å². The van der Waals surface area contributed by atoms with E-state index >= 15 is 0 Å². The van der Waals surface area contributed by atoms with Crippen LogP contribution < -0.4 is 10.9 Å². The third kappa shape index (κ3) is 3.22. The first kappa shape index (κ1) is 15.2. The molecule has 0 aliphatic heterocycles. The lowest BCUT2D eigenvalue weighted by molar-refractivity contribution is 0.0842. The van der Waals surface area contributed by atoms with Crippen molar-refractivity contribution in [1.29, 1.82) is 0 Å². The van der Waals surface area contributed by atoms with Gasteiger partial charge in [0.1, 0.15) is 5.75 Å². The fourth-order valence-corrected chi connectivity index (χ4v) is 1.96. The molecule has 3 N–H and O–H groups in total. The Labute approximate surface area is 136 Å². The summed E-state index contributed by atoms with van der Waals surface area (Å²) in [6, 6.07) is 15.1. The minimum absolute atomic E-state index is 0.0384. The van der Waals surface area contributed by atoms with Crippen molar-refractivity contribution in [2.45, 2.75) is 0 Å². The van der Waals surface area contributed by atoms with Gasteiger partial charge in [0.2, 0.25) is 0 Å². The predicted molar refractivity (Wildman–Crippen MR) is 84.4 cm³/mol. The first-order valence-corrected chi connectivity index (χ1v) is 7.01. The number of nitrogens with one attached hydrogen (secondary N) is 2. The second kappa shape index (κ2) is 6.61. The normalized spacial score (nSPS) is 10.2. The average Bonchev–Trinajstić information content (AvgIpc) is 3.11. The van der Waals surface area contributed by atoms with Crippen molar-refractivity contribution in [2.75, 3.05) is 0 Å². The first-order chi connectivity index (χ1) is 11.6. The minimum Gasteiger partial charge on any atom is -0.507 e. The average molecular weight is 323 g/mol. The maximum atomic E-state index is 12.0. The Morgan fingerprint density at radius 3 is 2.33 bits per heavy atom. The number of hydrogen-bond donors (Lipinski definition) is 3. The predicted octanol–water partition coefficient (Wildman–Crippen LogP) is 1.05. The number of phenolic OH excluding ortho intramolecular Hbond substituents is 1. The third-order valence-corrected chi connectivity index (χ3v) is 3.15. The molecule has 0 unspecified atom stereocenters. The summed E-state index contributed by atoms with van der Waals surface area (Å²) in [7, 11) is 0. The number of aromatic hydroxyl groups is 1. The maximum absolute atomic E-state index is 12.0. The van der Waals surface area contributed by atoms with Crippen molar-refractivity contribution < 1.29 is 14.7 Å². The molecule has 8 heteroatoms. The van der Waals surface area contributed by atoms with Gasteiger partial charge in [-0.25, -0.2) is 0 Å². The Balaban J connectivity index is 1.65. The van der Waals surface area contributed by atoms with Crippen LogP contribution in [-0.4, -0.2) is 31.9 Å². The van der Waals surface area contributed by atoms with Gasteiger partial charge in [-0.05, 0) is 24.3 Å². The minimum atomic E-state index is -0.642. The first-order valence-electron chi connectivity index (χ1n) is 7.01. The standard InChI is InChI=1S/C16H13N5O3/c22-14-9-5-4-8-12(14)15(23)18-19-16(24)13-10-17-21(20-13)11-6-2-1-3-7-11/h1-10,22H,(H,18,23)(H,19,24). The van der Waals surface area contributed by atoms with Crippen molar-refractivity contribution in [1.82, 2.24) is 25.8 Å². The number of carbonyl (C=O) groups excluding carboxylic acids is 2. The molecule has 0 aliphatic rings. The number of nitrogens with zero attached hydrogens (tertiary/aromatic N) is 3. The fourth-order valence-electron chi connectivity index (χ4n) is 1.96. The molecule has 8 nitrogen and oxygen atoms in total. The van der Waals surface area contributed by atoms with Gasteiger partial charge >= 0.3 is 0 Å². The van der Waals surface area contributed by atoms with Crippen LogP contribution in [0.4, 0.5) is 0 Å². The van der Waals surface area contributed by atoms with Gasteiger partial charge in [0.15, 0.2) is 5.69 Å². The molecule has 0 bridgehead atoms. The Bertz CT molecular complexity index is 876. The number of hydrogen-bond acceptors (Lipinski definition) is 5. The molecule has 0 fully saturated rings. The lowest BCUT2D eigenvalue weighted by Crippen LogP contribution is -2.41. The highest BCUT2D eigenvalue weighted by Gasteiger charge is 2.14. The molecule has 0 aliphatic carbocycles. The van der Waals surface area contributed by atoms with Crippen LogP contribution in [0.25, 0.3) is 5.69 Å². The molecule has 120 valence electrons. The molecular weight excluding hydrogens is 310 g/mol. The molecule has 0 saturated carbocycles. The summed E-state index contributed by atoms with van der Waals surface area (Å²) in [5.41, 5.74) is 5.22. The van der Waals surface area contributed by atoms with Crippen molar-refractivity contribution in [3.8, 4) is 11.4 Å². The second-order valence-electron chi connectivity index (χ2n) is 4.78. The molecule has 3 aromatic rings. The molecule has 0 radical (unpaired) electrons. The number of hydrazine groups is 1. The zero-order chi connectivity index (χ0) is 16.9. The van der Waals surface area contributed by atoms with Crippen LogP contribution in [0.15, 0.2) is 60.8 Å². The van der Waals surface area contributed by atoms with E-state index in [2.05, 4.69) is 21.0 Å². The van der Waals surface area contributed by atoms with Crippen molar-refractivity contribution >= 4 is 11.8 Å². The van der Waals surface area contributed by atoms with E-state index in [9.17, 15) is 14.7 Å². The van der Waals surface area contributed by atoms with Gasteiger partial charge in [-0.3, -0.25) is 20.4 Å². The van der Waals surface area contributed by atoms with Gasteiger partial charge in [0.05, 0.1) is 17.4 Å². The Morgan fingerprint density at radius 1 is 0.917 bits per heavy atom. The molecule has 3 rings (SSSR count). The molecule has 2 amide bonds. The summed E-state index contributed by atoms with van der Waals surface area (Å²) >= 11 is 0. The van der Waals surface area contributed by atoms with E-state index in [1.807, 2.05) is 18.2 Å². The highest BCUT2D eigenvalue weighted by atomic mass is 16.3. The number of phenols is 1. The highest BCUT2D eigenvalue weighted by molar-refractivity contribution is 5.99. The topological polar surface area (TPSA) is 109 Å². The molecule has 1 heterocycles. The molecule has 0 spiro atoms. The molecule has 2 aromatic carbocycles. The molecule has 24 heavy (non-hydrogen) atoms. The lowest BCUT2D eigenvalue weighted by Gasteiger charge is -2.06. The summed E-state index contributed by atoms with van der Waals surface area (Å²) in [5, 5.41) is 17.6. The van der Waals surface area contributed by atoms with Crippen molar-refractivity contribution in [2.24, 2.45) is 0 Å². The van der Waals surface area contributed by atoms with Gasteiger partial charge in [-0.2, -0.15) is 9.90 Å². The zero-order valence-corrected chi connectivity index (χ0v) is 12.4. The van der Waals surface area contributed by atoms with Gasteiger partial charge in [0, 0.05) is 0 Å². The lowest BCUT2D eigenvalue weighted by atomic mass is 10.2. The fraction of sp³-hybridized carbons (Fsp3) is 0. The molecule has 1 aromatic heterocycles. The van der Waals surface area contributed by atoms with E-state index in [4.69, 9.17) is 0 Å². The van der Waals surface area contributed by atoms with Gasteiger partial charge in [-0.15, -0.1) is 5.10 Å². The van der Waals surface area contributed by atoms with Gasteiger partial charge < -0.3 is 5.11 Å². The van der Waals surface area contributed by atoms with E-state index in [0.29, 0.717) is 5.69 Å². The summed E-state index contributed by atoms with van der Waals surface area (Å²) < 4.78 is 0. The number of para-hydroxylation sites is 2. The van der Waals surface area contributed by atoms with Crippen molar-refractivity contribution in [3.63, 3.8) is 0 Å². The number of benzene rings is 2. The van der Waals surface area contributed by atoms with Gasteiger partial charge in [0.25, 0.3) is 11.8 Å². The zero-order valence-electron chi connectivity index (χ0n) is 12.4. The summed E-state index contributed by atoms with van der Waals surface area (Å²) in [6.07, 6.45) is 1.29. The summed E-state index contributed by atoms with van der Waals surface area (Å²) in [4.78, 5) is 25.2. The van der Waals surface area contributed by atoms with Crippen LogP contribution in [0.3, 0.4) is 0 Å². The third-order valence-electron chi connectivity index (χ3n) is 3.15. The number of rotatable bonds is 3. The van der Waals surface area contributed by atoms with E-state index < -0.39 is 11.8 Å². The molecule has 0 saturated heterocycles. The number of aromatic nitrogens is 3. The maximum Gasteiger partial charge on any atom is 0.291 e. The Morgan fingerprint density at radius 2 is 1.58 bits per heavy atom.